The molecule has 6 heteroatoms. The minimum atomic E-state index is -0.461. The van der Waals surface area contributed by atoms with Crippen LogP contribution in [0.5, 0.6) is 11.5 Å². The average Bonchev–Trinajstić information content (AvgIpc) is 2.90. The fraction of sp³-hybridized carbons (Fsp3) is 0.387. The van der Waals surface area contributed by atoms with E-state index in [-0.39, 0.29) is 5.91 Å². The minimum Gasteiger partial charge on any atom is -0.485 e. The first kappa shape index (κ1) is 25.3. The predicted molar refractivity (Wildman–Crippen MR) is 143 cm³/mol. The van der Waals surface area contributed by atoms with Gasteiger partial charge in [-0.25, -0.2) is 0 Å². The lowest BCUT2D eigenvalue weighted by molar-refractivity contribution is -0.151. The van der Waals surface area contributed by atoms with E-state index in [0.717, 1.165) is 35.5 Å². The molecule has 0 spiro atoms. The number of hydrogen-bond donors (Lipinski definition) is 0. The van der Waals surface area contributed by atoms with Gasteiger partial charge in [-0.2, -0.15) is 0 Å². The van der Waals surface area contributed by atoms with Crippen LogP contribution in [0.1, 0.15) is 36.1 Å². The lowest BCUT2D eigenvalue weighted by Gasteiger charge is -2.35. The van der Waals surface area contributed by atoms with Gasteiger partial charge in [0, 0.05) is 32.7 Å². The van der Waals surface area contributed by atoms with Gasteiger partial charge in [-0.1, -0.05) is 74.5 Å². The summed E-state index contributed by atoms with van der Waals surface area (Å²) in [6.07, 6.45) is -0.461. The van der Waals surface area contributed by atoms with Gasteiger partial charge in [0.05, 0.1) is 6.61 Å². The number of nitrogens with zero attached hydrogens (tertiary/aromatic N) is 2. The van der Waals surface area contributed by atoms with Crippen molar-refractivity contribution in [2.24, 2.45) is 5.92 Å². The number of amides is 1. The van der Waals surface area contributed by atoms with Crippen LogP contribution < -0.4 is 9.47 Å². The number of carbonyl (C=O) groups excluding carboxylic acids is 1. The molecule has 37 heavy (non-hydrogen) atoms. The van der Waals surface area contributed by atoms with Crippen molar-refractivity contribution in [3.63, 3.8) is 0 Å². The third kappa shape index (κ3) is 6.51. The van der Waals surface area contributed by atoms with Gasteiger partial charge >= 0.3 is 0 Å². The number of hydrogen-bond acceptors (Lipinski definition) is 5. The second kappa shape index (κ2) is 11.8. The zero-order chi connectivity index (χ0) is 25.6. The molecule has 2 aliphatic heterocycles. The van der Waals surface area contributed by atoms with Crippen LogP contribution in [0.3, 0.4) is 0 Å². The summed E-state index contributed by atoms with van der Waals surface area (Å²) in [5.41, 5.74) is 4.53. The molecule has 0 saturated carbocycles. The van der Waals surface area contributed by atoms with Crippen molar-refractivity contribution in [3.8, 4) is 11.5 Å². The van der Waals surface area contributed by atoms with Crippen molar-refractivity contribution >= 4 is 5.91 Å². The molecule has 0 N–H and O–H groups in total. The lowest BCUT2D eigenvalue weighted by atomic mass is 10.1. The Kier molecular flexibility index (Phi) is 8.07. The van der Waals surface area contributed by atoms with Crippen molar-refractivity contribution in [2.75, 3.05) is 26.2 Å². The number of rotatable bonds is 7. The van der Waals surface area contributed by atoms with E-state index in [0.29, 0.717) is 51.1 Å². The molecule has 1 atom stereocenters. The number of morpholine rings is 1. The molecule has 1 unspecified atom stereocenters. The standard InChI is InChI=1S/C31H36N2O4/c1-23(2)17-33(31(34)30-20-32(14-15-35-30)18-24-8-4-3-5-9-24)19-25-12-13-28-29(16-25)37-22-27-11-7-6-10-26(27)21-36-28/h3-13,16,23,30H,14-15,17-22H2,1-2H3. The Balaban J connectivity index is 1.27. The molecule has 3 aromatic carbocycles. The Labute approximate surface area is 219 Å². The SMILES string of the molecule is CC(C)CN(Cc1ccc2c(c1)OCc1ccccc1CO2)C(=O)C1CN(Cc2ccccc2)CCO1. The smallest absolute Gasteiger partial charge is 0.253 e. The Morgan fingerprint density at radius 1 is 0.919 bits per heavy atom. The summed E-state index contributed by atoms with van der Waals surface area (Å²) in [6.45, 7) is 9.27. The minimum absolute atomic E-state index is 0.0456. The lowest BCUT2D eigenvalue weighted by Crippen LogP contribution is -2.51. The highest BCUT2D eigenvalue weighted by atomic mass is 16.5. The van der Waals surface area contributed by atoms with Crippen molar-refractivity contribution < 1.29 is 19.0 Å². The van der Waals surface area contributed by atoms with E-state index in [4.69, 9.17) is 14.2 Å². The van der Waals surface area contributed by atoms with Gasteiger partial charge in [0.2, 0.25) is 0 Å². The van der Waals surface area contributed by atoms with Crippen molar-refractivity contribution in [3.05, 3.63) is 95.1 Å². The monoisotopic (exact) mass is 500 g/mol. The van der Waals surface area contributed by atoms with Gasteiger partial charge in [0.25, 0.3) is 5.91 Å². The van der Waals surface area contributed by atoms with Crippen LogP contribution in [0, 0.1) is 5.92 Å². The van der Waals surface area contributed by atoms with Gasteiger partial charge in [-0.15, -0.1) is 0 Å². The van der Waals surface area contributed by atoms with Gasteiger partial charge in [-0.3, -0.25) is 9.69 Å². The summed E-state index contributed by atoms with van der Waals surface area (Å²) in [5, 5.41) is 0. The molecule has 0 bridgehead atoms. The zero-order valence-corrected chi connectivity index (χ0v) is 21.8. The van der Waals surface area contributed by atoms with Crippen LogP contribution in [0.15, 0.2) is 72.8 Å². The molecule has 1 fully saturated rings. The summed E-state index contributed by atoms with van der Waals surface area (Å²) in [7, 11) is 0. The summed E-state index contributed by atoms with van der Waals surface area (Å²) in [4.78, 5) is 17.9. The molecule has 5 rings (SSSR count). The molecule has 6 nitrogen and oxygen atoms in total. The quantitative estimate of drug-likeness (QED) is 0.455. The van der Waals surface area contributed by atoms with Crippen LogP contribution in [0.25, 0.3) is 0 Å². The van der Waals surface area contributed by atoms with E-state index < -0.39 is 6.10 Å². The van der Waals surface area contributed by atoms with Crippen LogP contribution in [-0.2, 0) is 35.8 Å². The first-order valence-corrected chi connectivity index (χ1v) is 13.2. The van der Waals surface area contributed by atoms with Gasteiger partial charge < -0.3 is 19.1 Å². The topological polar surface area (TPSA) is 51.2 Å². The normalized spacial score (nSPS) is 17.5. The molecule has 1 amide bonds. The molecule has 0 aromatic heterocycles. The average molecular weight is 501 g/mol. The molecule has 0 radical (unpaired) electrons. The third-order valence-electron chi connectivity index (χ3n) is 6.84. The molecule has 1 saturated heterocycles. The first-order valence-electron chi connectivity index (χ1n) is 13.2. The number of benzene rings is 3. The molecular formula is C31H36N2O4. The molecular weight excluding hydrogens is 464 g/mol. The Morgan fingerprint density at radius 3 is 2.35 bits per heavy atom. The van der Waals surface area contributed by atoms with Crippen LogP contribution in [0.4, 0.5) is 0 Å². The molecule has 2 heterocycles. The Hall–Kier alpha value is -3.35. The van der Waals surface area contributed by atoms with E-state index in [1.807, 2.05) is 41.3 Å². The summed E-state index contributed by atoms with van der Waals surface area (Å²) < 4.78 is 18.2. The van der Waals surface area contributed by atoms with Crippen molar-refractivity contribution in [2.45, 2.75) is 46.3 Å². The fourth-order valence-corrected chi connectivity index (χ4v) is 4.97. The van der Waals surface area contributed by atoms with Gasteiger partial charge in [0.15, 0.2) is 11.5 Å². The highest BCUT2D eigenvalue weighted by Crippen LogP contribution is 2.33. The fourth-order valence-electron chi connectivity index (χ4n) is 4.97. The van der Waals surface area contributed by atoms with E-state index in [1.165, 1.54) is 5.56 Å². The second-order valence-corrected chi connectivity index (χ2v) is 10.3. The van der Waals surface area contributed by atoms with Crippen LogP contribution >= 0.6 is 0 Å². The van der Waals surface area contributed by atoms with E-state index in [2.05, 4.69) is 55.1 Å². The maximum Gasteiger partial charge on any atom is 0.253 e. The van der Waals surface area contributed by atoms with Crippen molar-refractivity contribution in [1.82, 2.24) is 9.80 Å². The number of ether oxygens (including phenoxy) is 3. The van der Waals surface area contributed by atoms with Crippen LogP contribution in [-0.4, -0.2) is 48.1 Å². The third-order valence-corrected chi connectivity index (χ3v) is 6.84. The van der Waals surface area contributed by atoms with E-state index in [9.17, 15) is 4.79 Å². The van der Waals surface area contributed by atoms with E-state index >= 15 is 0 Å². The molecule has 194 valence electrons. The first-order chi connectivity index (χ1) is 18.0. The van der Waals surface area contributed by atoms with Gasteiger partial charge in [0.1, 0.15) is 19.3 Å². The Bertz CT molecular complexity index is 1200. The highest BCUT2D eigenvalue weighted by molar-refractivity contribution is 5.81. The largest absolute Gasteiger partial charge is 0.485 e. The van der Waals surface area contributed by atoms with E-state index in [1.54, 1.807) is 0 Å². The highest BCUT2D eigenvalue weighted by Gasteiger charge is 2.31. The van der Waals surface area contributed by atoms with Gasteiger partial charge in [-0.05, 0) is 40.3 Å². The number of fused-ring (bicyclic) bond motifs is 2. The predicted octanol–water partition coefficient (Wildman–Crippen LogP) is 5.04. The maximum atomic E-state index is 13.7. The van der Waals surface area contributed by atoms with Crippen molar-refractivity contribution in [1.29, 1.82) is 0 Å². The number of carbonyl (C=O) groups is 1. The zero-order valence-electron chi connectivity index (χ0n) is 21.8. The Morgan fingerprint density at radius 2 is 1.62 bits per heavy atom. The summed E-state index contributed by atoms with van der Waals surface area (Å²) in [6, 6.07) is 24.6. The molecule has 3 aromatic rings. The molecule has 2 aliphatic rings. The summed E-state index contributed by atoms with van der Waals surface area (Å²) >= 11 is 0. The maximum absolute atomic E-state index is 13.7. The summed E-state index contributed by atoms with van der Waals surface area (Å²) in [5.74, 6) is 1.83. The molecule has 0 aliphatic carbocycles. The second-order valence-electron chi connectivity index (χ2n) is 10.3. The van der Waals surface area contributed by atoms with Crippen LogP contribution in [0.2, 0.25) is 0 Å².